The highest BCUT2D eigenvalue weighted by Crippen LogP contribution is 2.23. The van der Waals surface area contributed by atoms with Gasteiger partial charge in [0.15, 0.2) is 5.65 Å². The normalized spacial score (nSPS) is 19.2. The van der Waals surface area contributed by atoms with E-state index in [0.717, 1.165) is 22.4 Å². The third-order valence-electron chi connectivity index (χ3n) is 3.86. The van der Waals surface area contributed by atoms with Crippen LogP contribution in [0.4, 0.5) is 0 Å². The van der Waals surface area contributed by atoms with Crippen LogP contribution in [0.1, 0.15) is 28.7 Å². The molecule has 21 heavy (non-hydrogen) atoms. The number of fused-ring (bicyclic) bond motifs is 1. The van der Waals surface area contributed by atoms with Gasteiger partial charge in [0.2, 0.25) is 0 Å². The first-order valence-electron chi connectivity index (χ1n) is 7.19. The second-order valence-electron chi connectivity index (χ2n) is 5.65. The number of aryl methyl sites for hydroxylation is 3. The number of hydrogen-bond donors (Lipinski definition) is 0. The molecule has 1 aliphatic rings. The fourth-order valence-corrected chi connectivity index (χ4v) is 2.91. The number of hydrogen-bond acceptors (Lipinski definition) is 4. The number of amides is 1. The van der Waals surface area contributed by atoms with Crippen LogP contribution in [0.5, 0.6) is 0 Å². The molecule has 0 aromatic carbocycles. The molecule has 6 nitrogen and oxygen atoms in total. The molecule has 3 heterocycles. The van der Waals surface area contributed by atoms with Crippen molar-refractivity contribution in [3.8, 4) is 0 Å². The van der Waals surface area contributed by atoms with Crippen molar-refractivity contribution in [2.75, 3.05) is 19.7 Å². The molecule has 1 aliphatic heterocycles. The van der Waals surface area contributed by atoms with Gasteiger partial charge in [0, 0.05) is 25.8 Å². The molecule has 3 rings (SSSR count). The van der Waals surface area contributed by atoms with Crippen LogP contribution in [-0.4, -0.2) is 51.4 Å². The largest absolute Gasteiger partial charge is 0.375 e. The van der Waals surface area contributed by atoms with Crippen molar-refractivity contribution < 1.29 is 9.53 Å². The Morgan fingerprint density at radius 3 is 2.90 bits per heavy atom. The Morgan fingerprint density at radius 1 is 1.43 bits per heavy atom. The van der Waals surface area contributed by atoms with E-state index in [1.807, 2.05) is 38.8 Å². The minimum absolute atomic E-state index is 0.0387. The van der Waals surface area contributed by atoms with E-state index in [4.69, 9.17) is 4.74 Å². The third kappa shape index (κ3) is 2.40. The summed E-state index contributed by atoms with van der Waals surface area (Å²) in [5.74, 6) is 0.0387. The standard InChI is InChI=1S/C15H20N4O2/c1-9-7-12(13-11(3)17-18(4)14(13)16-9)15(20)19-5-6-21-10(2)8-19/h7,10H,5-6,8H2,1-4H3. The van der Waals surface area contributed by atoms with Gasteiger partial charge in [0.1, 0.15) is 0 Å². The number of rotatable bonds is 1. The van der Waals surface area contributed by atoms with E-state index in [1.165, 1.54) is 0 Å². The Kier molecular flexibility index (Phi) is 3.41. The predicted molar refractivity (Wildman–Crippen MR) is 79.3 cm³/mol. The average Bonchev–Trinajstić information content (AvgIpc) is 2.72. The molecule has 2 aromatic rings. The Bertz CT molecular complexity index is 707. The SMILES string of the molecule is Cc1cc(C(=O)N2CCOC(C)C2)c2c(C)nn(C)c2n1. The first-order chi connectivity index (χ1) is 9.97. The Hall–Kier alpha value is -1.95. The summed E-state index contributed by atoms with van der Waals surface area (Å²) in [5.41, 5.74) is 3.12. The van der Waals surface area contributed by atoms with Gasteiger partial charge in [0.05, 0.1) is 29.4 Å². The van der Waals surface area contributed by atoms with Crippen molar-refractivity contribution in [3.63, 3.8) is 0 Å². The maximum Gasteiger partial charge on any atom is 0.254 e. The molecule has 112 valence electrons. The van der Waals surface area contributed by atoms with Crippen molar-refractivity contribution in [2.45, 2.75) is 26.9 Å². The highest BCUT2D eigenvalue weighted by atomic mass is 16.5. The zero-order valence-electron chi connectivity index (χ0n) is 12.9. The molecule has 1 unspecified atom stereocenters. The maximum absolute atomic E-state index is 12.9. The lowest BCUT2D eigenvalue weighted by molar-refractivity contribution is -0.0123. The van der Waals surface area contributed by atoms with Gasteiger partial charge in [-0.05, 0) is 26.8 Å². The van der Waals surface area contributed by atoms with Crippen molar-refractivity contribution in [3.05, 3.63) is 23.0 Å². The molecule has 0 radical (unpaired) electrons. The lowest BCUT2D eigenvalue weighted by Gasteiger charge is -2.31. The highest BCUT2D eigenvalue weighted by Gasteiger charge is 2.25. The van der Waals surface area contributed by atoms with E-state index in [9.17, 15) is 4.79 Å². The van der Waals surface area contributed by atoms with Crippen LogP contribution in [0.3, 0.4) is 0 Å². The van der Waals surface area contributed by atoms with E-state index in [-0.39, 0.29) is 12.0 Å². The van der Waals surface area contributed by atoms with Gasteiger partial charge in [-0.2, -0.15) is 5.10 Å². The predicted octanol–water partition coefficient (Wildman–Crippen LogP) is 1.45. The average molecular weight is 288 g/mol. The zero-order chi connectivity index (χ0) is 15.1. The summed E-state index contributed by atoms with van der Waals surface area (Å²) in [6.07, 6.45) is 0.0797. The molecule has 0 N–H and O–H groups in total. The number of aromatic nitrogens is 3. The fraction of sp³-hybridized carbons (Fsp3) is 0.533. The van der Waals surface area contributed by atoms with E-state index < -0.39 is 0 Å². The minimum atomic E-state index is 0.0387. The van der Waals surface area contributed by atoms with Gasteiger partial charge in [-0.3, -0.25) is 9.48 Å². The van der Waals surface area contributed by atoms with Gasteiger partial charge in [-0.15, -0.1) is 0 Å². The van der Waals surface area contributed by atoms with Gasteiger partial charge >= 0.3 is 0 Å². The monoisotopic (exact) mass is 288 g/mol. The summed E-state index contributed by atoms with van der Waals surface area (Å²) >= 11 is 0. The smallest absolute Gasteiger partial charge is 0.254 e. The van der Waals surface area contributed by atoms with Crippen LogP contribution in [-0.2, 0) is 11.8 Å². The number of ether oxygens (including phenoxy) is 1. The molecule has 1 fully saturated rings. The van der Waals surface area contributed by atoms with Crippen LogP contribution < -0.4 is 0 Å². The first-order valence-corrected chi connectivity index (χ1v) is 7.19. The number of morpholine rings is 1. The summed E-state index contributed by atoms with van der Waals surface area (Å²) in [6.45, 7) is 7.65. The first kappa shape index (κ1) is 14.0. The van der Waals surface area contributed by atoms with Crippen LogP contribution >= 0.6 is 0 Å². The lowest BCUT2D eigenvalue weighted by Crippen LogP contribution is -2.44. The number of carbonyl (C=O) groups is 1. The van der Waals surface area contributed by atoms with E-state index in [0.29, 0.717) is 25.3 Å². The third-order valence-corrected chi connectivity index (χ3v) is 3.86. The molecule has 1 saturated heterocycles. The summed E-state index contributed by atoms with van der Waals surface area (Å²) in [5, 5.41) is 5.25. The van der Waals surface area contributed by atoms with Gasteiger partial charge in [-0.25, -0.2) is 4.98 Å². The minimum Gasteiger partial charge on any atom is -0.375 e. The highest BCUT2D eigenvalue weighted by molar-refractivity contribution is 6.06. The van der Waals surface area contributed by atoms with E-state index in [2.05, 4.69) is 10.1 Å². The van der Waals surface area contributed by atoms with E-state index >= 15 is 0 Å². The van der Waals surface area contributed by atoms with Crippen molar-refractivity contribution in [1.29, 1.82) is 0 Å². The Labute approximate surface area is 123 Å². The van der Waals surface area contributed by atoms with Crippen LogP contribution in [0.2, 0.25) is 0 Å². The molecular formula is C15H20N4O2. The molecule has 1 atom stereocenters. The molecule has 0 aliphatic carbocycles. The summed E-state index contributed by atoms with van der Waals surface area (Å²) in [6, 6.07) is 1.86. The maximum atomic E-state index is 12.9. The topological polar surface area (TPSA) is 60.3 Å². The second-order valence-corrected chi connectivity index (χ2v) is 5.65. The molecular weight excluding hydrogens is 268 g/mol. The van der Waals surface area contributed by atoms with Gasteiger partial charge < -0.3 is 9.64 Å². The molecule has 1 amide bonds. The summed E-state index contributed by atoms with van der Waals surface area (Å²) in [4.78, 5) is 19.2. The van der Waals surface area contributed by atoms with Crippen molar-refractivity contribution >= 4 is 16.9 Å². The van der Waals surface area contributed by atoms with E-state index in [1.54, 1.807) is 4.68 Å². The number of nitrogens with zero attached hydrogens (tertiary/aromatic N) is 4. The summed E-state index contributed by atoms with van der Waals surface area (Å²) in [7, 11) is 1.85. The number of carbonyl (C=O) groups excluding carboxylic acids is 1. The van der Waals surface area contributed by atoms with Gasteiger partial charge in [0.25, 0.3) is 5.91 Å². The van der Waals surface area contributed by atoms with Gasteiger partial charge in [-0.1, -0.05) is 0 Å². The zero-order valence-corrected chi connectivity index (χ0v) is 12.9. The second kappa shape index (κ2) is 5.11. The Balaban J connectivity index is 2.09. The van der Waals surface area contributed by atoms with Crippen LogP contribution in [0.25, 0.3) is 11.0 Å². The van der Waals surface area contributed by atoms with Crippen molar-refractivity contribution in [2.24, 2.45) is 7.05 Å². The Morgan fingerprint density at radius 2 is 2.19 bits per heavy atom. The number of pyridine rings is 1. The van der Waals surface area contributed by atoms with Crippen LogP contribution in [0.15, 0.2) is 6.07 Å². The lowest BCUT2D eigenvalue weighted by atomic mass is 10.1. The fourth-order valence-electron chi connectivity index (χ4n) is 2.91. The molecule has 6 heteroatoms. The quantitative estimate of drug-likeness (QED) is 0.797. The molecule has 0 saturated carbocycles. The molecule has 0 bridgehead atoms. The van der Waals surface area contributed by atoms with Crippen LogP contribution in [0, 0.1) is 13.8 Å². The molecule has 2 aromatic heterocycles. The summed E-state index contributed by atoms with van der Waals surface area (Å²) < 4.78 is 7.24. The van der Waals surface area contributed by atoms with Crippen molar-refractivity contribution in [1.82, 2.24) is 19.7 Å². The molecule has 0 spiro atoms.